The van der Waals surface area contributed by atoms with Crippen LogP contribution in [0.15, 0.2) is 24.4 Å². The van der Waals surface area contributed by atoms with Gasteiger partial charge in [0.2, 0.25) is 0 Å². The summed E-state index contributed by atoms with van der Waals surface area (Å²) in [5, 5.41) is 3.29. The van der Waals surface area contributed by atoms with Gasteiger partial charge < -0.3 is 5.32 Å². The highest BCUT2D eigenvalue weighted by Crippen LogP contribution is 2.21. The highest BCUT2D eigenvalue weighted by molar-refractivity contribution is 5.55. The fraction of sp³-hybridized carbons (Fsp3) is 0.333. The van der Waals surface area contributed by atoms with Crippen LogP contribution in [0.25, 0.3) is 11.4 Å². The molecule has 1 N–H and O–H groups in total. The lowest BCUT2D eigenvalue weighted by Gasteiger charge is -2.15. The van der Waals surface area contributed by atoms with Crippen molar-refractivity contribution in [2.45, 2.75) is 26.8 Å². The van der Waals surface area contributed by atoms with Gasteiger partial charge in [0.05, 0.1) is 0 Å². The number of rotatable bonds is 4. The molecule has 0 bridgehead atoms. The minimum atomic E-state index is -0.895. The lowest BCUT2D eigenvalue weighted by molar-refractivity contribution is 0.509. The summed E-state index contributed by atoms with van der Waals surface area (Å²) in [5.74, 6) is -1.37. The van der Waals surface area contributed by atoms with Gasteiger partial charge in [-0.05, 0) is 38.6 Å². The van der Waals surface area contributed by atoms with E-state index in [1.165, 1.54) is 6.07 Å². The third-order valence-corrected chi connectivity index (χ3v) is 3.17. The van der Waals surface area contributed by atoms with Crippen molar-refractivity contribution in [1.82, 2.24) is 15.3 Å². The van der Waals surface area contributed by atoms with Gasteiger partial charge in [0.25, 0.3) is 0 Å². The molecule has 2 aromatic rings. The first-order valence-electron chi connectivity index (χ1n) is 6.55. The molecule has 106 valence electrons. The summed E-state index contributed by atoms with van der Waals surface area (Å²) in [7, 11) is 0. The molecule has 20 heavy (non-hydrogen) atoms. The maximum atomic E-state index is 13.2. The van der Waals surface area contributed by atoms with Gasteiger partial charge in [-0.15, -0.1) is 0 Å². The van der Waals surface area contributed by atoms with Crippen LogP contribution in [0.2, 0.25) is 0 Å². The van der Waals surface area contributed by atoms with Crippen molar-refractivity contribution in [2.75, 3.05) is 6.54 Å². The predicted molar refractivity (Wildman–Crippen MR) is 74.2 cm³/mol. The van der Waals surface area contributed by atoms with Crippen LogP contribution < -0.4 is 5.32 Å². The van der Waals surface area contributed by atoms with Gasteiger partial charge in [-0.25, -0.2) is 18.7 Å². The van der Waals surface area contributed by atoms with Crippen LogP contribution in [0, 0.1) is 18.6 Å². The monoisotopic (exact) mass is 277 g/mol. The minimum Gasteiger partial charge on any atom is -0.310 e. The Morgan fingerprint density at radius 2 is 2.00 bits per heavy atom. The molecular weight excluding hydrogens is 260 g/mol. The molecule has 2 rings (SSSR count). The first-order valence-corrected chi connectivity index (χ1v) is 6.55. The fourth-order valence-electron chi connectivity index (χ4n) is 2.09. The third-order valence-electron chi connectivity index (χ3n) is 3.17. The van der Waals surface area contributed by atoms with Gasteiger partial charge in [0.1, 0.15) is 0 Å². The number of nitrogens with one attached hydrogen (secondary N) is 1. The molecule has 0 spiro atoms. The molecule has 1 atom stereocenters. The van der Waals surface area contributed by atoms with E-state index in [-0.39, 0.29) is 6.04 Å². The van der Waals surface area contributed by atoms with Gasteiger partial charge in [-0.2, -0.15) is 0 Å². The Balaban J connectivity index is 2.35. The van der Waals surface area contributed by atoms with Gasteiger partial charge in [0.15, 0.2) is 17.5 Å². The van der Waals surface area contributed by atoms with E-state index in [1.54, 1.807) is 6.20 Å². The molecule has 0 aliphatic rings. The van der Waals surface area contributed by atoms with E-state index >= 15 is 0 Å². The van der Waals surface area contributed by atoms with Gasteiger partial charge in [0, 0.05) is 29.1 Å². The molecular formula is C15H17F2N3. The molecule has 0 amide bonds. The molecule has 0 saturated carbocycles. The van der Waals surface area contributed by atoms with Crippen LogP contribution in [-0.2, 0) is 0 Å². The Morgan fingerprint density at radius 1 is 1.25 bits per heavy atom. The molecule has 0 fully saturated rings. The number of aryl methyl sites for hydroxylation is 1. The molecule has 5 heteroatoms. The van der Waals surface area contributed by atoms with E-state index in [2.05, 4.69) is 15.3 Å². The zero-order valence-electron chi connectivity index (χ0n) is 11.7. The smallest absolute Gasteiger partial charge is 0.159 e. The number of aromatic nitrogens is 2. The highest BCUT2D eigenvalue weighted by Gasteiger charge is 2.12. The molecule has 0 saturated heterocycles. The van der Waals surface area contributed by atoms with Gasteiger partial charge in [-0.1, -0.05) is 6.92 Å². The van der Waals surface area contributed by atoms with Crippen molar-refractivity contribution in [2.24, 2.45) is 0 Å². The standard InChI is InChI=1S/C15H17F2N3/c1-4-18-9(2)12-8-19-15(20-10(12)3)11-5-6-13(16)14(17)7-11/h5-9,18H,4H2,1-3H3. The highest BCUT2D eigenvalue weighted by atomic mass is 19.2. The maximum Gasteiger partial charge on any atom is 0.159 e. The summed E-state index contributed by atoms with van der Waals surface area (Å²) < 4.78 is 26.2. The Bertz CT molecular complexity index is 614. The normalized spacial score (nSPS) is 12.4. The lowest BCUT2D eigenvalue weighted by Crippen LogP contribution is -2.19. The van der Waals surface area contributed by atoms with E-state index in [0.717, 1.165) is 29.9 Å². The van der Waals surface area contributed by atoms with E-state index in [9.17, 15) is 8.78 Å². The van der Waals surface area contributed by atoms with Gasteiger partial charge in [-0.3, -0.25) is 0 Å². The van der Waals surface area contributed by atoms with Crippen LogP contribution in [0.4, 0.5) is 8.78 Å². The third kappa shape index (κ3) is 2.99. The minimum absolute atomic E-state index is 0.152. The Labute approximate surface area is 117 Å². The average molecular weight is 277 g/mol. The maximum absolute atomic E-state index is 13.2. The second-order valence-corrected chi connectivity index (χ2v) is 4.64. The summed E-state index contributed by atoms with van der Waals surface area (Å²) in [6.07, 6.45) is 1.73. The summed E-state index contributed by atoms with van der Waals surface area (Å²) >= 11 is 0. The van der Waals surface area contributed by atoms with Crippen molar-refractivity contribution in [3.05, 3.63) is 47.3 Å². The van der Waals surface area contributed by atoms with Crippen LogP contribution >= 0.6 is 0 Å². The van der Waals surface area contributed by atoms with Crippen molar-refractivity contribution in [3.8, 4) is 11.4 Å². The van der Waals surface area contributed by atoms with Crippen molar-refractivity contribution < 1.29 is 8.78 Å². The fourth-order valence-corrected chi connectivity index (χ4v) is 2.09. The number of hydrogen-bond donors (Lipinski definition) is 1. The van der Waals surface area contributed by atoms with E-state index < -0.39 is 11.6 Å². The quantitative estimate of drug-likeness (QED) is 0.930. The number of nitrogens with zero attached hydrogens (tertiary/aromatic N) is 2. The Kier molecular flexibility index (Phi) is 4.39. The molecule has 0 aliphatic heterocycles. The van der Waals surface area contributed by atoms with E-state index in [1.807, 2.05) is 20.8 Å². The molecule has 1 heterocycles. The molecule has 0 aliphatic carbocycles. The molecule has 1 aromatic heterocycles. The molecule has 1 aromatic carbocycles. The zero-order chi connectivity index (χ0) is 14.7. The Hall–Kier alpha value is -1.88. The Morgan fingerprint density at radius 3 is 2.60 bits per heavy atom. The van der Waals surface area contributed by atoms with Crippen molar-refractivity contribution in [1.29, 1.82) is 0 Å². The predicted octanol–water partition coefficient (Wildman–Crippen LogP) is 3.40. The summed E-state index contributed by atoms with van der Waals surface area (Å²) in [5.41, 5.74) is 2.29. The summed E-state index contributed by atoms with van der Waals surface area (Å²) in [4.78, 5) is 8.62. The van der Waals surface area contributed by atoms with Gasteiger partial charge >= 0.3 is 0 Å². The second kappa shape index (κ2) is 6.05. The van der Waals surface area contributed by atoms with Crippen LogP contribution in [0.1, 0.15) is 31.1 Å². The lowest BCUT2D eigenvalue weighted by atomic mass is 10.1. The largest absolute Gasteiger partial charge is 0.310 e. The number of benzene rings is 1. The van der Waals surface area contributed by atoms with Crippen molar-refractivity contribution >= 4 is 0 Å². The van der Waals surface area contributed by atoms with Crippen molar-refractivity contribution in [3.63, 3.8) is 0 Å². The summed E-state index contributed by atoms with van der Waals surface area (Å²) in [6, 6.07) is 3.82. The van der Waals surface area contributed by atoms with Crippen LogP contribution in [0.5, 0.6) is 0 Å². The first kappa shape index (κ1) is 14.5. The average Bonchev–Trinajstić information content (AvgIpc) is 2.42. The molecule has 0 radical (unpaired) electrons. The van der Waals surface area contributed by atoms with E-state index in [0.29, 0.717) is 11.4 Å². The summed E-state index contributed by atoms with van der Waals surface area (Å²) in [6.45, 7) is 6.80. The number of hydrogen-bond acceptors (Lipinski definition) is 3. The van der Waals surface area contributed by atoms with E-state index in [4.69, 9.17) is 0 Å². The second-order valence-electron chi connectivity index (χ2n) is 4.64. The van der Waals surface area contributed by atoms with Crippen LogP contribution in [0.3, 0.4) is 0 Å². The zero-order valence-corrected chi connectivity index (χ0v) is 11.7. The molecule has 3 nitrogen and oxygen atoms in total. The van der Waals surface area contributed by atoms with Crippen LogP contribution in [-0.4, -0.2) is 16.5 Å². The molecule has 1 unspecified atom stereocenters. The first-order chi connectivity index (χ1) is 9.52. The topological polar surface area (TPSA) is 37.8 Å². The number of halogens is 2. The SMILES string of the molecule is CCNC(C)c1cnc(-c2ccc(F)c(F)c2)nc1C.